The molecule has 0 amide bonds. The summed E-state index contributed by atoms with van der Waals surface area (Å²) < 4.78 is 5.26. The average Bonchev–Trinajstić information content (AvgIpc) is 2.46. The van der Waals surface area contributed by atoms with Crippen molar-refractivity contribution in [3.05, 3.63) is 35.5 Å². The summed E-state index contributed by atoms with van der Waals surface area (Å²) in [5.41, 5.74) is 2.66. The summed E-state index contributed by atoms with van der Waals surface area (Å²) in [6.07, 6.45) is 9.29. The molecule has 1 aliphatic carbocycles. The molecule has 1 N–H and O–H groups in total. The van der Waals surface area contributed by atoms with Gasteiger partial charge < -0.3 is 10.1 Å². The van der Waals surface area contributed by atoms with Crippen LogP contribution in [0.2, 0.25) is 0 Å². The zero-order valence-electron chi connectivity index (χ0n) is 11.3. The Morgan fingerprint density at radius 2 is 2.33 bits per heavy atom. The van der Waals surface area contributed by atoms with E-state index in [1.807, 2.05) is 6.07 Å². The van der Waals surface area contributed by atoms with E-state index in [1.54, 1.807) is 18.9 Å². The lowest BCUT2D eigenvalue weighted by molar-refractivity contribution is 0.389. The lowest BCUT2D eigenvalue weighted by Crippen LogP contribution is -2.28. The number of aromatic nitrogens is 1. The quantitative estimate of drug-likeness (QED) is 0.811. The topological polar surface area (TPSA) is 34.1 Å². The molecule has 1 aliphatic rings. The first-order valence-corrected chi connectivity index (χ1v) is 6.71. The van der Waals surface area contributed by atoms with Crippen LogP contribution in [0.4, 0.5) is 0 Å². The van der Waals surface area contributed by atoms with Gasteiger partial charge in [-0.15, -0.1) is 0 Å². The monoisotopic (exact) mass is 246 g/mol. The summed E-state index contributed by atoms with van der Waals surface area (Å²) in [4.78, 5) is 4.21. The van der Waals surface area contributed by atoms with Crippen LogP contribution in [0.25, 0.3) is 0 Å². The summed E-state index contributed by atoms with van der Waals surface area (Å²) in [6, 6.07) is 4.44. The molecule has 3 heteroatoms. The number of allylic oxidation sites excluding steroid dienone is 1. The van der Waals surface area contributed by atoms with Gasteiger partial charge in [0, 0.05) is 24.3 Å². The van der Waals surface area contributed by atoms with E-state index < -0.39 is 0 Å². The highest BCUT2D eigenvalue weighted by atomic mass is 16.5. The second-order valence-electron chi connectivity index (χ2n) is 4.80. The van der Waals surface area contributed by atoms with E-state index in [4.69, 9.17) is 4.74 Å². The number of nitrogens with one attached hydrogen (secondary N) is 1. The van der Waals surface area contributed by atoms with Crippen LogP contribution in [0.15, 0.2) is 30.0 Å². The highest BCUT2D eigenvalue weighted by Crippen LogP contribution is 2.21. The molecule has 0 fully saturated rings. The van der Waals surface area contributed by atoms with Crippen LogP contribution in [-0.4, -0.2) is 18.1 Å². The summed E-state index contributed by atoms with van der Waals surface area (Å²) in [6.45, 7) is 3.04. The molecular formula is C15H22N2O. The van der Waals surface area contributed by atoms with E-state index in [0.717, 1.165) is 18.0 Å². The van der Waals surface area contributed by atoms with Crippen molar-refractivity contribution in [2.75, 3.05) is 7.11 Å². The van der Waals surface area contributed by atoms with Crippen molar-refractivity contribution in [1.82, 2.24) is 10.3 Å². The van der Waals surface area contributed by atoms with Gasteiger partial charge in [-0.3, -0.25) is 0 Å². The number of ether oxygens (including phenoxy) is 1. The molecule has 1 heterocycles. The molecule has 2 rings (SSSR count). The summed E-state index contributed by atoms with van der Waals surface area (Å²) >= 11 is 0. The fourth-order valence-electron chi connectivity index (χ4n) is 2.39. The number of nitrogens with zero attached hydrogens (tertiary/aromatic N) is 1. The van der Waals surface area contributed by atoms with Gasteiger partial charge >= 0.3 is 0 Å². The number of hydrogen-bond acceptors (Lipinski definition) is 3. The molecule has 0 bridgehead atoms. The first-order chi connectivity index (χ1) is 8.81. The van der Waals surface area contributed by atoms with Gasteiger partial charge in [-0.2, -0.15) is 0 Å². The fraction of sp³-hybridized carbons (Fsp3) is 0.533. The van der Waals surface area contributed by atoms with Crippen LogP contribution in [0.5, 0.6) is 5.88 Å². The minimum atomic E-state index is 0.440. The molecule has 0 saturated carbocycles. The van der Waals surface area contributed by atoms with Crippen LogP contribution in [0, 0.1) is 0 Å². The van der Waals surface area contributed by atoms with Crippen LogP contribution in [0.1, 0.15) is 38.2 Å². The third-order valence-corrected chi connectivity index (χ3v) is 3.52. The Morgan fingerprint density at radius 3 is 3.06 bits per heavy atom. The van der Waals surface area contributed by atoms with Gasteiger partial charge in [0.25, 0.3) is 0 Å². The van der Waals surface area contributed by atoms with Crippen molar-refractivity contribution in [3.63, 3.8) is 0 Å². The van der Waals surface area contributed by atoms with Gasteiger partial charge in [0.05, 0.1) is 7.11 Å². The Bertz CT molecular complexity index is 415. The second-order valence-corrected chi connectivity index (χ2v) is 4.80. The molecule has 18 heavy (non-hydrogen) atoms. The van der Waals surface area contributed by atoms with Crippen molar-refractivity contribution in [2.24, 2.45) is 0 Å². The predicted molar refractivity (Wildman–Crippen MR) is 73.6 cm³/mol. The Morgan fingerprint density at radius 1 is 1.44 bits per heavy atom. The third kappa shape index (κ3) is 3.33. The molecule has 0 radical (unpaired) electrons. The van der Waals surface area contributed by atoms with Gasteiger partial charge in [0.15, 0.2) is 0 Å². The Kier molecular flexibility index (Phi) is 4.76. The normalized spacial score (nSPS) is 17.1. The van der Waals surface area contributed by atoms with Crippen molar-refractivity contribution in [3.8, 4) is 5.88 Å². The molecule has 1 unspecified atom stereocenters. The second kappa shape index (κ2) is 6.55. The number of methoxy groups -OCH3 is 1. The third-order valence-electron chi connectivity index (χ3n) is 3.52. The summed E-state index contributed by atoms with van der Waals surface area (Å²) in [5.74, 6) is 0.717. The van der Waals surface area contributed by atoms with Gasteiger partial charge in [0.2, 0.25) is 5.88 Å². The molecule has 0 aliphatic heterocycles. The zero-order valence-corrected chi connectivity index (χ0v) is 11.3. The molecule has 3 nitrogen and oxygen atoms in total. The highest BCUT2D eigenvalue weighted by molar-refractivity contribution is 5.25. The SMILES string of the molecule is COc1ncccc1CNC(C)C1=CCCCC1. The number of pyridine rings is 1. The summed E-state index contributed by atoms with van der Waals surface area (Å²) in [5, 5.41) is 3.56. The molecule has 1 aromatic heterocycles. The maximum Gasteiger partial charge on any atom is 0.217 e. The van der Waals surface area contributed by atoms with Gasteiger partial charge in [-0.1, -0.05) is 17.7 Å². The lowest BCUT2D eigenvalue weighted by atomic mass is 9.94. The Balaban J connectivity index is 1.92. The molecular weight excluding hydrogens is 224 g/mol. The lowest BCUT2D eigenvalue weighted by Gasteiger charge is -2.21. The van der Waals surface area contributed by atoms with E-state index in [9.17, 15) is 0 Å². The van der Waals surface area contributed by atoms with E-state index in [1.165, 1.54) is 25.7 Å². The van der Waals surface area contributed by atoms with Crippen molar-refractivity contribution < 1.29 is 4.74 Å². The average molecular weight is 246 g/mol. The van der Waals surface area contributed by atoms with Gasteiger partial charge in [-0.05, 0) is 38.7 Å². The minimum absolute atomic E-state index is 0.440. The van der Waals surface area contributed by atoms with E-state index >= 15 is 0 Å². The molecule has 0 saturated heterocycles. The molecule has 98 valence electrons. The van der Waals surface area contributed by atoms with Crippen LogP contribution in [-0.2, 0) is 6.54 Å². The van der Waals surface area contributed by atoms with Crippen molar-refractivity contribution >= 4 is 0 Å². The molecule has 0 aromatic carbocycles. The first-order valence-electron chi connectivity index (χ1n) is 6.71. The maximum absolute atomic E-state index is 5.26. The predicted octanol–water partition coefficient (Wildman–Crippen LogP) is 3.07. The number of rotatable bonds is 5. The van der Waals surface area contributed by atoms with Crippen LogP contribution >= 0.6 is 0 Å². The fourth-order valence-corrected chi connectivity index (χ4v) is 2.39. The standard InChI is InChI=1S/C15H22N2O/c1-12(13-7-4-3-5-8-13)17-11-14-9-6-10-16-15(14)18-2/h6-7,9-10,12,17H,3-5,8,11H2,1-2H3. The molecule has 0 spiro atoms. The van der Waals surface area contributed by atoms with Gasteiger partial charge in [-0.25, -0.2) is 4.98 Å². The van der Waals surface area contributed by atoms with Gasteiger partial charge in [0.1, 0.15) is 0 Å². The Labute approximate surface area is 109 Å². The van der Waals surface area contributed by atoms with E-state index in [0.29, 0.717) is 6.04 Å². The van der Waals surface area contributed by atoms with Crippen LogP contribution < -0.4 is 10.1 Å². The maximum atomic E-state index is 5.26. The summed E-state index contributed by atoms with van der Waals surface area (Å²) in [7, 11) is 1.67. The minimum Gasteiger partial charge on any atom is -0.481 e. The first kappa shape index (κ1) is 13.1. The smallest absolute Gasteiger partial charge is 0.217 e. The number of hydrogen-bond donors (Lipinski definition) is 1. The largest absolute Gasteiger partial charge is 0.481 e. The van der Waals surface area contributed by atoms with Crippen LogP contribution in [0.3, 0.4) is 0 Å². The molecule has 1 atom stereocenters. The zero-order chi connectivity index (χ0) is 12.8. The Hall–Kier alpha value is -1.35. The van der Waals surface area contributed by atoms with Crippen molar-refractivity contribution in [2.45, 2.75) is 45.2 Å². The highest BCUT2D eigenvalue weighted by Gasteiger charge is 2.12. The van der Waals surface area contributed by atoms with E-state index in [-0.39, 0.29) is 0 Å². The molecule has 1 aromatic rings. The van der Waals surface area contributed by atoms with E-state index in [2.05, 4.69) is 29.4 Å². The van der Waals surface area contributed by atoms with Crippen molar-refractivity contribution in [1.29, 1.82) is 0 Å².